The molecule has 2 N–H and O–H groups in total. The number of nitrogens with two attached hydrogens (primary N) is 1. The molecule has 70 valence electrons. The second-order valence-electron chi connectivity index (χ2n) is 3.83. The van der Waals surface area contributed by atoms with Gasteiger partial charge in [0.2, 0.25) is 5.91 Å². The lowest BCUT2D eigenvalue weighted by atomic mass is 10.1. The van der Waals surface area contributed by atoms with E-state index < -0.39 is 5.66 Å². The molecule has 0 spiro atoms. The van der Waals surface area contributed by atoms with E-state index in [0.29, 0.717) is 6.04 Å². The molecule has 1 aliphatic rings. The second kappa shape index (κ2) is 3.05. The van der Waals surface area contributed by atoms with Crippen LogP contribution < -0.4 is 5.73 Å². The summed E-state index contributed by atoms with van der Waals surface area (Å²) in [5.74, 6) is 0.101. The molecular weight excluding hydrogens is 152 g/mol. The third kappa shape index (κ3) is 1.78. The quantitative estimate of drug-likeness (QED) is 0.644. The molecule has 1 fully saturated rings. The van der Waals surface area contributed by atoms with Gasteiger partial charge in [0.15, 0.2) is 0 Å². The highest BCUT2D eigenvalue weighted by Crippen LogP contribution is 2.32. The summed E-state index contributed by atoms with van der Waals surface area (Å²) in [7, 11) is 0. The standard InChI is InChI=1S/C9H18N2O/c1-4-9(3,10)11(7(2)12)8-5-6-8/h8H,4-6,10H2,1-3H3/t9-/m1/s1. The SMILES string of the molecule is CC[C@](C)(N)N(C(C)=O)C1CC1. The summed E-state index contributed by atoms with van der Waals surface area (Å²) in [4.78, 5) is 13.1. The van der Waals surface area contributed by atoms with Crippen LogP contribution in [-0.2, 0) is 4.79 Å². The van der Waals surface area contributed by atoms with Crippen LogP contribution in [0.4, 0.5) is 0 Å². The average Bonchev–Trinajstić information content (AvgIpc) is 2.70. The zero-order valence-electron chi connectivity index (χ0n) is 8.13. The van der Waals surface area contributed by atoms with Crippen LogP contribution in [-0.4, -0.2) is 22.5 Å². The fourth-order valence-corrected chi connectivity index (χ4v) is 1.54. The molecule has 0 aromatic rings. The maximum Gasteiger partial charge on any atom is 0.221 e. The van der Waals surface area contributed by atoms with Gasteiger partial charge in [-0.25, -0.2) is 0 Å². The third-order valence-electron chi connectivity index (χ3n) is 2.52. The van der Waals surface area contributed by atoms with E-state index in [1.165, 1.54) is 0 Å². The maximum atomic E-state index is 11.3. The first-order valence-corrected chi connectivity index (χ1v) is 4.58. The molecule has 0 radical (unpaired) electrons. The molecule has 0 bridgehead atoms. The van der Waals surface area contributed by atoms with Crippen molar-refractivity contribution in [2.45, 2.75) is 51.7 Å². The molecule has 12 heavy (non-hydrogen) atoms. The Bertz CT molecular complexity index is 185. The van der Waals surface area contributed by atoms with Crippen molar-refractivity contribution in [2.75, 3.05) is 0 Å². The van der Waals surface area contributed by atoms with Gasteiger partial charge in [0.1, 0.15) is 0 Å². The van der Waals surface area contributed by atoms with E-state index >= 15 is 0 Å². The van der Waals surface area contributed by atoms with E-state index in [1.807, 2.05) is 18.7 Å². The molecule has 0 aliphatic heterocycles. The molecule has 0 aromatic carbocycles. The lowest BCUT2D eigenvalue weighted by Gasteiger charge is -2.37. The highest BCUT2D eigenvalue weighted by atomic mass is 16.2. The first kappa shape index (κ1) is 9.52. The summed E-state index contributed by atoms with van der Waals surface area (Å²) in [5.41, 5.74) is 5.56. The molecule has 0 aromatic heterocycles. The number of nitrogens with zero attached hydrogens (tertiary/aromatic N) is 1. The molecule has 0 heterocycles. The predicted molar refractivity (Wildman–Crippen MR) is 48.4 cm³/mol. The van der Waals surface area contributed by atoms with Crippen molar-refractivity contribution in [3.63, 3.8) is 0 Å². The van der Waals surface area contributed by atoms with Gasteiger partial charge in [-0.3, -0.25) is 4.79 Å². The van der Waals surface area contributed by atoms with E-state index in [-0.39, 0.29) is 5.91 Å². The monoisotopic (exact) mass is 170 g/mol. The number of amides is 1. The van der Waals surface area contributed by atoms with Gasteiger partial charge in [-0.2, -0.15) is 0 Å². The Balaban J connectivity index is 2.70. The van der Waals surface area contributed by atoms with Gasteiger partial charge in [-0.1, -0.05) is 6.92 Å². The summed E-state index contributed by atoms with van der Waals surface area (Å²) >= 11 is 0. The molecule has 1 aliphatic carbocycles. The van der Waals surface area contributed by atoms with Crippen molar-refractivity contribution >= 4 is 5.91 Å². The summed E-state index contributed by atoms with van der Waals surface area (Å²) < 4.78 is 0. The molecule has 1 saturated carbocycles. The molecule has 1 amide bonds. The van der Waals surface area contributed by atoms with E-state index in [0.717, 1.165) is 19.3 Å². The minimum Gasteiger partial charge on any atom is -0.322 e. The fourth-order valence-electron chi connectivity index (χ4n) is 1.54. The van der Waals surface area contributed by atoms with Gasteiger partial charge in [0.05, 0.1) is 5.66 Å². The number of hydrogen-bond acceptors (Lipinski definition) is 2. The summed E-state index contributed by atoms with van der Waals surface area (Å²) in [6.07, 6.45) is 3.04. The van der Waals surface area contributed by atoms with Crippen LogP contribution in [0.25, 0.3) is 0 Å². The van der Waals surface area contributed by atoms with Crippen LogP contribution in [0.3, 0.4) is 0 Å². The lowest BCUT2D eigenvalue weighted by molar-refractivity contribution is -0.135. The number of rotatable bonds is 3. The Morgan fingerprint density at radius 2 is 2.17 bits per heavy atom. The van der Waals surface area contributed by atoms with Crippen molar-refractivity contribution in [1.29, 1.82) is 0 Å². The van der Waals surface area contributed by atoms with Crippen LogP contribution in [0.15, 0.2) is 0 Å². The van der Waals surface area contributed by atoms with E-state index in [4.69, 9.17) is 5.73 Å². The summed E-state index contributed by atoms with van der Waals surface area (Å²) in [5, 5.41) is 0. The van der Waals surface area contributed by atoms with Gasteiger partial charge in [-0.05, 0) is 26.2 Å². The summed E-state index contributed by atoms with van der Waals surface area (Å²) in [6.45, 7) is 5.53. The molecular formula is C9H18N2O. The van der Waals surface area contributed by atoms with E-state index in [2.05, 4.69) is 0 Å². The normalized spacial score (nSPS) is 21.7. The van der Waals surface area contributed by atoms with E-state index in [1.54, 1.807) is 6.92 Å². The molecule has 0 unspecified atom stereocenters. The van der Waals surface area contributed by atoms with Crippen molar-refractivity contribution < 1.29 is 4.79 Å². The Kier molecular flexibility index (Phi) is 2.42. The van der Waals surface area contributed by atoms with Gasteiger partial charge in [0, 0.05) is 13.0 Å². The van der Waals surface area contributed by atoms with Crippen LogP contribution in [0, 0.1) is 0 Å². The lowest BCUT2D eigenvalue weighted by Crippen LogP contribution is -2.56. The summed E-state index contributed by atoms with van der Waals surface area (Å²) in [6, 6.07) is 0.414. The van der Waals surface area contributed by atoms with Crippen LogP contribution in [0.2, 0.25) is 0 Å². The Morgan fingerprint density at radius 3 is 2.42 bits per heavy atom. The molecule has 0 saturated heterocycles. The molecule has 3 nitrogen and oxygen atoms in total. The fraction of sp³-hybridized carbons (Fsp3) is 0.889. The smallest absolute Gasteiger partial charge is 0.221 e. The van der Waals surface area contributed by atoms with Crippen LogP contribution in [0.1, 0.15) is 40.0 Å². The van der Waals surface area contributed by atoms with Crippen molar-refractivity contribution in [3.8, 4) is 0 Å². The minimum atomic E-state index is -0.451. The maximum absolute atomic E-state index is 11.3. The van der Waals surface area contributed by atoms with Crippen molar-refractivity contribution in [3.05, 3.63) is 0 Å². The van der Waals surface area contributed by atoms with Crippen molar-refractivity contribution in [1.82, 2.24) is 4.90 Å². The van der Waals surface area contributed by atoms with Gasteiger partial charge in [0.25, 0.3) is 0 Å². The largest absolute Gasteiger partial charge is 0.322 e. The number of carbonyl (C=O) groups is 1. The van der Waals surface area contributed by atoms with E-state index in [9.17, 15) is 4.79 Å². The highest BCUT2D eigenvalue weighted by molar-refractivity contribution is 5.74. The zero-order valence-corrected chi connectivity index (χ0v) is 8.13. The topological polar surface area (TPSA) is 46.3 Å². The van der Waals surface area contributed by atoms with Crippen molar-refractivity contribution in [2.24, 2.45) is 5.73 Å². The number of carbonyl (C=O) groups excluding carboxylic acids is 1. The predicted octanol–water partition coefficient (Wildman–Crippen LogP) is 1.08. The molecule has 1 atom stereocenters. The minimum absolute atomic E-state index is 0.101. The highest BCUT2D eigenvalue weighted by Gasteiger charge is 2.39. The average molecular weight is 170 g/mol. The first-order chi connectivity index (χ1) is 5.49. The number of hydrogen-bond donors (Lipinski definition) is 1. The zero-order chi connectivity index (χ0) is 9.35. The molecule has 1 rings (SSSR count). The Hall–Kier alpha value is -0.570. The second-order valence-corrected chi connectivity index (χ2v) is 3.83. The van der Waals surface area contributed by atoms with Gasteiger partial charge < -0.3 is 10.6 Å². The van der Waals surface area contributed by atoms with Gasteiger partial charge in [-0.15, -0.1) is 0 Å². The Morgan fingerprint density at radius 1 is 1.67 bits per heavy atom. The van der Waals surface area contributed by atoms with Gasteiger partial charge >= 0.3 is 0 Å². The third-order valence-corrected chi connectivity index (χ3v) is 2.52. The molecule has 3 heteroatoms. The Labute approximate surface area is 73.9 Å². The first-order valence-electron chi connectivity index (χ1n) is 4.58. The van der Waals surface area contributed by atoms with Crippen LogP contribution in [0.5, 0.6) is 0 Å². The van der Waals surface area contributed by atoms with Crippen LogP contribution >= 0.6 is 0 Å².